The van der Waals surface area contributed by atoms with Crippen LogP contribution in [0.15, 0.2) is 34.7 Å². The van der Waals surface area contributed by atoms with Crippen LogP contribution < -0.4 is 15.5 Å². The van der Waals surface area contributed by atoms with Crippen molar-refractivity contribution >= 4 is 49.1 Å². The zero-order chi connectivity index (χ0) is 22.0. The first-order valence-electron chi connectivity index (χ1n) is 10.4. The smallest absolute Gasteiger partial charge is 0.249 e. The van der Waals surface area contributed by atoms with E-state index in [4.69, 9.17) is 5.73 Å². The van der Waals surface area contributed by atoms with Crippen LogP contribution in [0, 0.1) is 5.92 Å². The van der Waals surface area contributed by atoms with Crippen LogP contribution in [-0.2, 0) is 14.8 Å². The molecule has 0 aliphatic heterocycles. The Balaban J connectivity index is 1.68. The maximum atomic E-state index is 13.3. The van der Waals surface area contributed by atoms with Gasteiger partial charge in [0.25, 0.3) is 0 Å². The third-order valence-electron chi connectivity index (χ3n) is 5.76. The number of amides is 1. The average molecular weight is 463 g/mol. The lowest BCUT2D eigenvalue weighted by Gasteiger charge is -2.24. The number of hydrogen-bond acceptors (Lipinski definition) is 7. The number of thiazole rings is 1. The summed E-state index contributed by atoms with van der Waals surface area (Å²) in [5, 5.41) is 8.59. The Kier molecular flexibility index (Phi) is 6.26. The van der Waals surface area contributed by atoms with Gasteiger partial charge in [0.05, 0.1) is 10.4 Å². The Labute approximate surface area is 185 Å². The van der Waals surface area contributed by atoms with Crippen molar-refractivity contribution in [2.75, 3.05) is 17.8 Å². The van der Waals surface area contributed by atoms with Gasteiger partial charge in [-0.05, 0) is 37.6 Å². The van der Waals surface area contributed by atoms with Crippen molar-refractivity contribution in [2.24, 2.45) is 5.92 Å². The van der Waals surface area contributed by atoms with Crippen molar-refractivity contribution in [3.8, 4) is 0 Å². The summed E-state index contributed by atoms with van der Waals surface area (Å²) in [4.78, 5) is 19.0. The number of carbonyl (C=O) groups is 1. The van der Waals surface area contributed by atoms with E-state index in [9.17, 15) is 13.2 Å². The number of fused-ring (bicyclic) bond motifs is 1. The predicted molar refractivity (Wildman–Crippen MR) is 121 cm³/mol. The van der Waals surface area contributed by atoms with Gasteiger partial charge in [-0.25, -0.2) is 18.1 Å². The van der Waals surface area contributed by atoms with Crippen molar-refractivity contribution < 1.29 is 13.2 Å². The second-order valence-electron chi connectivity index (χ2n) is 7.72. The summed E-state index contributed by atoms with van der Waals surface area (Å²) in [5.74, 6) is 0.617. The molecule has 0 atom stereocenters. The molecule has 3 aromatic rings. The van der Waals surface area contributed by atoms with Gasteiger partial charge in [-0.1, -0.05) is 32.1 Å². The van der Waals surface area contributed by atoms with Crippen LogP contribution in [0.2, 0.25) is 0 Å². The number of nitrogens with zero attached hydrogens (tertiary/aromatic N) is 4. The van der Waals surface area contributed by atoms with Crippen LogP contribution in [0.25, 0.3) is 10.9 Å². The molecule has 3 N–H and O–H groups in total. The normalized spacial score (nSPS) is 15.4. The van der Waals surface area contributed by atoms with E-state index in [1.54, 1.807) is 17.6 Å². The molecule has 0 saturated heterocycles. The number of rotatable bonds is 7. The van der Waals surface area contributed by atoms with Crippen molar-refractivity contribution in [3.05, 3.63) is 29.8 Å². The lowest BCUT2D eigenvalue weighted by atomic mass is 9.86. The van der Waals surface area contributed by atoms with E-state index >= 15 is 0 Å². The lowest BCUT2D eigenvalue weighted by Crippen LogP contribution is -2.37. The summed E-state index contributed by atoms with van der Waals surface area (Å²) < 4.78 is 26.6. The molecule has 31 heavy (non-hydrogen) atoms. The van der Waals surface area contributed by atoms with Gasteiger partial charge < -0.3 is 5.73 Å². The minimum absolute atomic E-state index is 0.0816. The number of nitrogen functional groups attached to an aromatic ring is 1. The highest BCUT2D eigenvalue weighted by molar-refractivity contribution is 7.89. The molecular weight excluding hydrogens is 436 g/mol. The number of nitrogens with two attached hydrogens (primary N) is 1. The molecule has 166 valence electrons. The van der Waals surface area contributed by atoms with Gasteiger partial charge in [0.15, 0.2) is 5.82 Å². The van der Waals surface area contributed by atoms with E-state index in [2.05, 4.69) is 14.8 Å². The highest BCUT2D eigenvalue weighted by Gasteiger charge is 2.26. The van der Waals surface area contributed by atoms with E-state index in [1.165, 1.54) is 72.4 Å². The molecule has 0 unspecified atom stereocenters. The molecule has 1 saturated carbocycles. The standard InChI is InChI=1S/C20H26N6O3S2/c1-22-31(28,29)15-8-9-17-16(13-15)19(21)26(24-17)25(20-23-11-12-30-20)18(27)10-7-14-5-3-2-4-6-14/h8-9,11-14,22H,2-7,10,21H2,1H3. The quantitative estimate of drug-likeness (QED) is 0.556. The minimum Gasteiger partial charge on any atom is -0.382 e. The lowest BCUT2D eigenvalue weighted by molar-refractivity contribution is -0.119. The van der Waals surface area contributed by atoms with Gasteiger partial charge in [-0.15, -0.1) is 21.2 Å². The van der Waals surface area contributed by atoms with Crippen LogP contribution in [0.4, 0.5) is 10.9 Å². The van der Waals surface area contributed by atoms with Crippen LogP contribution in [0.5, 0.6) is 0 Å². The van der Waals surface area contributed by atoms with Crippen molar-refractivity contribution in [1.29, 1.82) is 0 Å². The topological polar surface area (TPSA) is 123 Å². The molecule has 2 heterocycles. The number of nitrogens with one attached hydrogen (secondary N) is 1. The summed E-state index contributed by atoms with van der Waals surface area (Å²) in [5.41, 5.74) is 6.84. The monoisotopic (exact) mass is 462 g/mol. The molecule has 0 spiro atoms. The summed E-state index contributed by atoms with van der Waals surface area (Å²) >= 11 is 1.32. The Hall–Kier alpha value is -2.50. The highest BCUT2D eigenvalue weighted by Crippen LogP contribution is 2.30. The maximum Gasteiger partial charge on any atom is 0.249 e. The number of sulfonamides is 1. The second kappa shape index (κ2) is 8.93. The van der Waals surface area contributed by atoms with E-state index < -0.39 is 10.0 Å². The van der Waals surface area contributed by atoms with Gasteiger partial charge in [-0.2, -0.15) is 5.01 Å². The average Bonchev–Trinajstić information content (AvgIpc) is 3.42. The third-order valence-corrected chi connectivity index (χ3v) is 7.92. The summed E-state index contributed by atoms with van der Waals surface area (Å²) in [6.07, 6.45) is 8.89. The maximum absolute atomic E-state index is 13.3. The van der Waals surface area contributed by atoms with E-state index in [0.29, 0.717) is 28.4 Å². The molecular formula is C20H26N6O3S2. The Morgan fingerprint density at radius 2 is 2.10 bits per heavy atom. The highest BCUT2D eigenvalue weighted by atomic mass is 32.2. The summed E-state index contributed by atoms with van der Waals surface area (Å²) in [6, 6.07) is 4.51. The largest absolute Gasteiger partial charge is 0.382 e. The molecule has 1 aliphatic carbocycles. The van der Waals surface area contributed by atoms with Crippen LogP contribution in [0.3, 0.4) is 0 Å². The van der Waals surface area contributed by atoms with Gasteiger partial charge in [0.1, 0.15) is 0 Å². The SMILES string of the molecule is CNS(=O)(=O)c1ccc2nn(N(C(=O)CCC3CCCCC3)c3nccs3)c(N)c2c1. The van der Waals surface area contributed by atoms with Crippen molar-refractivity contribution in [3.63, 3.8) is 0 Å². The van der Waals surface area contributed by atoms with Crippen molar-refractivity contribution in [1.82, 2.24) is 19.6 Å². The minimum atomic E-state index is -3.63. The fourth-order valence-corrected chi connectivity index (χ4v) is 5.43. The molecule has 1 amide bonds. The number of anilines is 2. The molecule has 4 rings (SSSR count). The number of aromatic nitrogens is 3. The molecule has 2 aromatic heterocycles. The second-order valence-corrected chi connectivity index (χ2v) is 10.5. The van der Waals surface area contributed by atoms with Gasteiger partial charge >= 0.3 is 0 Å². The molecule has 1 fully saturated rings. The first-order chi connectivity index (χ1) is 14.9. The fraction of sp³-hybridized carbons (Fsp3) is 0.450. The van der Waals surface area contributed by atoms with Crippen LogP contribution >= 0.6 is 11.3 Å². The van der Waals surface area contributed by atoms with E-state index in [1.807, 2.05) is 0 Å². The Bertz CT molecular complexity index is 1170. The fourth-order valence-electron chi connectivity index (χ4n) is 4.03. The van der Waals surface area contributed by atoms with Crippen LogP contribution in [0.1, 0.15) is 44.9 Å². The number of hydrogen-bond donors (Lipinski definition) is 2. The first kappa shape index (κ1) is 21.7. The number of benzene rings is 1. The van der Waals surface area contributed by atoms with E-state index in [-0.39, 0.29) is 16.6 Å². The van der Waals surface area contributed by atoms with Crippen LogP contribution in [-0.4, -0.2) is 36.2 Å². The molecule has 1 aliphatic rings. The molecule has 0 bridgehead atoms. The number of carbonyl (C=O) groups excluding carboxylic acids is 1. The molecule has 9 nitrogen and oxygen atoms in total. The summed E-state index contributed by atoms with van der Waals surface area (Å²) in [6.45, 7) is 0. The third kappa shape index (κ3) is 4.43. The van der Waals surface area contributed by atoms with Crippen molar-refractivity contribution in [2.45, 2.75) is 49.8 Å². The first-order valence-corrected chi connectivity index (χ1v) is 12.7. The zero-order valence-corrected chi connectivity index (χ0v) is 19.0. The molecule has 1 aromatic carbocycles. The Morgan fingerprint density at radius 3 is 2.77 bits per heavy atom. The predicted octanol–water partition coefficient (Wildman–Crippen LogP) is 3.14. The van der Waals surface area contributed by atoms with Gasteiger partial charge in [-0.3, -0.25) is 4.79 Å². The van der Waals surface area contributed by atoms with Gasteiger partial charge in [0, 0.05) is 23.4 Å². The molecule has 0 radical (unpaired) electrons. The summed E-state index contributed by atoms with van der Waals surface area (Å²) in [7, 11) is -2.28. The zero-order valence-electron chi connectivity index (χ0n) is 17.3. The Morgan fingerprint density at radius 1 is 1.32 bits per heavy atom. The molecule has 11 heteroatoms. The van der Waals surface area contributed by atoms with Gasteiger partial charge in [0.2, 0.25) is 21.1 Å². The van der Waals surface area contributed by atoms with E-state index in [0.717, 1.165) is 6.42 Å².